The number of pyridine rings is 1. The van der Waals surface area contributed by atoms with E-state index < -0.39 is 0 Å². The Bertz CT molecular complexity index is 1070. The quantitative estimate of drug-likeness (QED) is 0.496. The normalized spacial score (nSPS) is 18.2. The molecule has 3 aromatic rings. The number of hydrogen-bond acceptors (Lipinski definition) is 3. The van der Waals surface area contributed by atoms with Crippen LogP contribution in [0.1, 0.15) is 55.5 Å². The first kappa shape index (κ1) is 22.3. The molecule has 6 heteroatoms. The molecule has 1 N–H and O–H groups in total. The van der Waals surface area contributed by atoms with Crippen molar-refractivity contribution < 1.29 is 0 Å². The van der Waals surface area contributed by atoms with E-state index in [1.54, 1.807) is 0 Å². The number of nitrogens with zero attached hydrogens (tertiary/aromatic N) is 4. The summed E-state index contributed by atoms with van der Waals surface area (Å²) in [5, 5.41) is 4.32. The van der Waals surface area contributed by atoms with Gasteiger partial charge >= 0.3 is 0 Å². The molecule has 1 aliphatic heterocycles. The molecule has 2 aromatic heterocycles. The van der Waals surface area contributed by atoms with Gasteiger partial charge in [0.05, 0.1) is 17.8 Å². The predicted octanol–water partition coefficient (Wildman–Crippen LogP) is 5.33. The first-order valence-electron chi connectivity index (χ1n) is 11.5. The van der Waals surface area contributed by atoms with Gasteiger partial charge in [0.25, 0.3) is 0 Å². The molecule has 3 heterocycles. The molecule has 1 aliphatic rings. The molecule has 0 aliphatic carbocycles. The number of aromatic nitrogens is 2. The van der Waals surface area contributed by atoms with Gasteiger partial charge in [-0.1, -0.05) is 6.07 Å². The molecule has 1 aromatic carbocycles. The van der Waals surface area contributed by atoms with Gasteiger partial charge in [-0.2, -0.15) is 0 Å². The van der Waals surface area contributed by atoms with Crippen molar-refractivity contribution in [2.45, 2.75) is 46.7 Å². The molecule has 1 saturated heterocycles. The van der Waals surface area contributed by atoms with Crippen LogP contribution < -0.4 is 10.2 Å². The Morgan fingerprint density at radius 2 is 1.75 bits per heavy atom. The minimum atomic E-state index is 0.0302. The average Bonchev–Trinajstić information content (AvgIpc) is 3.30. The standard InChI is InChI=1S/C26H33N5S/c1-6-29(7-2)20-12-14-21(15-13-20)31-18(4)17-22(19(31)5)25-24(23-11-9-10-16-27-23)28-26(32)30(25)8-3/h9-17,24-25H,6-8H2,1-5H3,(H,28,32)/t24-,25+/m1/s1. The molecule has 32 heavy (non-hydrogen) atoms. The second-order valence-electron chi connectivity index (χ2n) is 8.26. The lowest BCUT2D eigenvalue weighted by atomic mass is 9.97. The van der Waals surface area contributed by atoms with E-state index in [9.17, 15) is 0 Å². The van der Waals surface area contributed by atoms with E-state index in [4.69, 9.17) is 12.2 Å². The van der Waals surface area contributed by atoms with Gasteiger partial charge in [0.1, 0.15) is 0 Å². The first-order valence-corrected chi connectivity index (χ1v) is 11.9. The van der Waals surface area contributed by atoms with Gasteiger partial charge in [-0.3, -0.25) is 4.98 Å². The molecule has 1 fully saturated rings. The molecule has 0 radical (unpaired) electrons. The Labute approximate surface area is 197 Å². The number of likely N-dealkylation sites (N-methyl/N-ethyl adjacent to an activating group) is 1. The largest absolute Gasteiger partial charge is 0.372 e. The highest BCUT2D eigenvalue weighted by molar-refractivity contribution is 7.80. The van der Waals surface area contributed by atoms with Crippen LogP contribution in [0.15, 0.2) is 54.7 Å². The van der Waals surface area contributed by atoms with Crippen LogP contribution in [0.3, 0.4) is 0 Å². The SMILES string of the molecule is CCN(CC)c1ccc(-n2c(C)cc([C@H]3[C@@H](c4ccccn4)NC(=S)N3CC)c2C)cc1. The van der Waals surface area contributed by atoms with Crippen LogP contribution in [0.25, 0.3) is 5.69 Å². The van der Waals surface area contributed by atoms with Gasteiger partial charge in [0, 0.05) is 48.6 Å². The van der Waals surface area contributed by atoms with Crippen LogP contribution in [0.2, 0.25) is 0 Å². The second-order valence-corrected chi connectivity index (χ2v) is 8.65. The maximum Gasteiger partial charge on any atom is 0.170 e. The van der Waals surface area contributed by atoms with Crippen molar-refractivity contribution >= 4 is 23.0 Å². The number of anilines is 1. The smallest absolute Gasteiger partial charge is 0.170 e. The van der Waals surface area contributed by atoms with Gasteiger partial charge in [-0.25, -0.2) is 0 Å². The highest BCUT2D eigenvalue weighted by Crippen LogP contribution is 2.41. The average molecular weight is 448 g/mol. The van der Waals surface area contributed by atoms with E-state index in [1.165, 1.54) is 28.3 Å². The monoisotopic (exact) mass is 447 g/mol. The molecule has 168 valence electrons. The third-order valence-electron chi connectivity index (χ3n) is 6.56. The van der Waals surface area contributed by atoms with Crippen LogP contribution in [-0.2, 0) is 0 Å². The predicted molar refractivity (Wildman–Crippen MR) is 137 cm³/mol. The molecular weight excluding hydrogens is 414 g/mol. The minimum absolute atomic E-state index is 0.0302. The van der Waals surface area contributed by atoms with Crippen molar-refractivity contribution in [3.63, 3.8) is 0 Å². The van der Waals surface area contributed by atoms with Gasteiger partial charge < -0.3 is 19.7 Å². The van der Waals surface area contributed by atoms with Crippen LogP contribution in [-0.4, -0.2) is 39.2 Å². The summed E-state index contributed by atoms with van der Waals surface area (Å²) in [4.78, 5) is 9.29. The number of thiocarbonyl (C=S) groups is 1. The molecular formula is C26H33N5S. The van der Waals surface area contributed by atoms with E-state index in [1.807, 2.05) is 18.3 Å². The Balaban J connectivity index is 1.75. The van der Waals surface area contributed by atoms with E-state index in [2.05, 4.69) is 95.7 Å². The molecule has 0 saturated carbocycles. The van der Waals surface area contributed by atoms with Crippen LogP contribution in [0.4, 0.5) is 5.69 Å². The number of benzene rings is 1. The molecule has 0 unspecified atom stereocenters. The van der Waals surface area contributed by atoms with Crippen LogP contribution in [0.5, 0.6) is 0 Å². The Morgan fingerprint density at radius 3 is 2.34 bits per heavy atom. The Hall–Kier alpha value is -2.86. The zero-order valence-corrected chi connectivity index (χ0v) is 20.5. The van der Waals surface area contributed by atoms with E-state index in [-0.39, 0.29) is 12.1 Å². The van der Waals surface area contributed by atoms with Crippen molar-refractivity contribution in [3.05, 3.63) is 77.4 Å². The van der Waals surface area contributed by atoms with E-state index in [0.717, 1.165) is 30.4 Å². The van der Waals surface area contributed by atoms with Crippen molar-refractivity contribution in [1.29, 1.82) is 0 Å². The summed E-state index contributed by atoms with van der Waals surface area (Å²) in [6.07, 6.45) is 1.85. The van der Waals surface area contributed by atoms with Crippen molar-refractivity contribution in [2.75, 3.05) is 24.5 Å². The Kier molecular flexibility index (Phi) is 6.51. The van der Waals surface area contributed by atoms with Crippen molar-refractivity contribution in [3.8, 4) is 5.69 Å². The fourth-order valence-electron chi connectivity index (χ4n) is 4.97. The lowest BCUT2D eigenvalue weighted by molar-refractivity contribution is 0.329. The molecule has 5 nitrogen and oxygen atoms in total. The summed E-state index contributed by atoms with van der Waals surface area (Å²) in [6.45, 7) is 13.8. The van der Waals surface area contributed by atoms with Gasteiger partial charge in [0.15, 0.2) is 5.11 Å². The highest BCUT2D eigenvalue weighted by Gasteiger charge is 2.40. The second kappa shape index (κ2) is 9.33. The number of nitrogens with one attached hydrogen (secondary N) is 1. The van der Waals surface area contributed by atoms with Crippen LogP contribution in [0, 0.1) is 13.8 Å². The molecule has 2 atom stereocenters. The van der Waals surface area contributed by atoms with Crippen molar-refractivity contribution in [1.82, 2.24) is 19.8 Å². The van der Waals surface area contributed by atoms with Crippen molar-refractivity contribution in [2.24, 2.45) is 0 Å². The lowest BCUT2D eigenvalue weighted by Crippen LogP contribution is -2.29. The zero-order valence-electron chi connectivity index (χ0n) is 19.7. The van der Waals surface area contributed by atoms with E-state index >= 15 is 0 Å². The fraction of sp³-hybridized carbons (Fsp3) is 0.385. The van der Waals surface area contributed by atoms with Gasteiger partial charge in [0.2, 0.25) is 0 Å². The Morgan fingerprint density at radius 1 is 1.03 bits per heavy atom. The van der Waals surface area contributed by atoms with Crippen LogP contribution >= 0.6 is 12.2 Å². The summed E-state index contributed by atoms with van der Waals surface area (Å²) in [6, 6.07) is 17.4. The fourth-order valence-corrected chi connectivity index (χ4v) is 5.34. The summed E-state index contributed by atoms with van der Waals surface area (Å²) in [5.41, 5.74) is 7.23. The third kappa shape index (κ3) is 3.88. The highest BCUT2D eigenvalue weighted by atomic mass is 32.1. The zero-order chi connectivity index (χ0) is 22.8. The van der Waals surface area contributed by atoms with Gasteiger partial charge in [-0.05, 0) is 94.9 Å². The summed E-state index contributed by atoms with van der Waals surface area (Å²) < 4.78 is 2.35. The maximum absolute atomic E-state index is 5.71. The summed E-state index contributed by atoms with van der Waals surface area (Å²) in [7, 11) is 0. The summed E-state index contributed by atoms with van der Waals surface area (Å²) >= 11 is 5.71. The number of rotatable bonds is 7. The molecule has 4 rings (SSSR count). The molecule has 0 amide bonds. The molecule has 0 bridgehead atoms. The van der Waals surface area contributed by atoms with E-state index in [0.29, 0.717) is 0 Å². The topological polar surface area (TPSA) is 36.3 Å². The lowest BCUT2D eigenvalue weighted by Gasteiger charge is -2.27. The third-order valence-corrected chi connectivity index (χ3v) is 6.92. The number of hydrogen-bond donors (Lipinski definition) is 1. The van der Waals surface area contributed by atoms with Gasteiger partial charge in [-0.15, -0.1) is 0 Å². The maximum atomic E-state index is 5.71. The summed E-state index contributed by atoms with van der Waals surface area (Å²) in [5.74, 6) is 0. The number of aryl methyl sites for hydroxylation is 1. The first-order chi connectivity index (χ1) is 15.5. The minimum Gasteiger partial charge on any atom is -0.372 e. The molecule has 0 spiro atoms.